The fourth-order valence-electron chi connectivity index (χ4n) is 2.77. The van der Waals surface area contributed by atoms with Gasteiger partial charge in [-0.1, -0.05) is 0 Å². The van der Waals surface area contributed by atoms with Gasteiger partial charge < -0.3 is 23.4 Å². The van der Waals surface area contributed by atoms with E-state index in [9.17, 15) is 14.4 Å². The van der Waals surface area contributed by atoms with Crippen LogP contribution >= 0.6 is 0 Å². The molecule has 0 saturated carbocycles. The molecule has 0 fully saturated rings. The zero-order valence-electron chi connectivity index (χ0n) is 16.9. The average Bonchev–Trinajstić information content (AvgIpc) is 2.75. The van der Waals surface area contributed by atoms with Crippen LogP contribution in [0.15, 0.2) is 51.7 Å². The Kier molecular flexibility index (Phi) is 6.06. The molecule has 0 amide bonds. The summed E-state index contributed by atoms with van der Waals surface area (Å²) in [5.74, 6) is 0.0316. The number of esters is 2. The molecular weight excluding hydrogens is 392 g/mol. The number of rotatable bonds is 6. The molecule has 0 aliphatic carbocycles. The lowest BCUT2D eigenvalue weighted by Gasteiger charge is -2.13. The summed E-state index contributed by atoms with van der Waals surface area (Å²) in [6.07, 6.45) is -0.809. The second-order valence-corrected chi connectivity index (χ2v) is 6.38. The first-order valence-electron chi connectivity index (χ1n) is 9.02. The molecule has 0 spiro atoms. The molecule has 0 aliphatic rings. The topological polar surface area (TPSA) is 101 Å². The van der Waals surface area contributed by atoms with Crippen molar-refractivity contribution in [2.45, 2.75) is 20.0 Å². The van der Waals surface area contributed by atoms with Crippen molar-refractivity contribution in [3.63, 3.8) is 0 Å². The van der Waals surface area contributed by atoms with Gasteiger partial charge in [0.2, 0.25) is 11.2 Å². The maximum Gasteiger partial charge on any atom is 0.346 e. The predicted octanol–water partition coefficient (Wildman–Crippen LogP) is 3.62. The van der Waals surface area contributed by atoms with Gasteiger partial charge in [0.25, 0.3) is 0 Å². The quantitative estimate of drug-likeness (QED) is 0.566. The molecule has 3 aromatic rings. The summed E-state index contributed by atoms with van der Waals surface area (Å²) in [5, 5.41) is 0.292. The molecule has 1 atom stereocenters. The molecule has 8 heteroatoms. The van der Waals surface area contributed by atoms with E-state index in [1.54, 1.807) is 32.0 Å². The highest BCUT2D eigenvalue weighted by Crippen LogP contribution is 2.28. The van der Waals surface area contributed by atoms with E-state index in [0.29, 0.717) is 28.0 Å². The van der Waals surface area contributed by atoms with Gasteiger partial charge in [0, 0.05) is 6.07 Å². The summed E-state index contributed by atoms with van der Waals surface area (Å²) >= 11 is 0. The zero-order valence-corrected chi connectivity index (χ0v) is 16.9. The molecule has 2 aromatic carbocycles. The largest absolute Gasteiger partial charge is 0.479 e. The van der Waals surface area contributed by atoms with Gasteiger partial charge in [-0.15, -0.1) is 0 Å². The summed E-state index contributed by atoms with van der Waals surface area (Å²) in [6, 6.07) is 10.8. The molecule has 0 bridgehead atoms. The third-order valence-corrected chi connectivity index (χ3v) is 4.33. The van der Waals surface area contributed by atoms with Gasteiger partial charge in [-0.25, -0.2) is 9.59 Å². The van der Waals surface area contributed by atoms with Gasteiger partial charge in [-0.05, 0) is 50.2 Å². The van der Waals surface area contributed by atoms with Crippen LogP contribution < -0.4 is 14.9 Å². The number of carbonyl (C=O) groups is 2. The number of methoxy groups -OCH3 is 2. The van der Waals surface area contributed by atoms with E-state index in [4.69, 9.17) is 13.9 Å². The van der Waals surface area contributed by atoms with Crippen molar-refractivity contribution in [2.75, 3.05) is 14.2 Å². The average molecular weight is 412 g/mol. The molecule has 0 saturated heterocycles. The normalized spacial score (nSPS) is 11.6. The van der Waals surface area contributed by atoms with E-state index in [-0.39, 0.29) is 16.9 Å². The Balaban J connectivity index is 1.90. The van der Waals surface area contributed by atoms with Crippen LogP contribution in [0.2, 0.25) is 0 Å². The molecule has 1 aromatic heterocycles. The van der Waals surface area contributed by atoms with Crippen molar-refractivity contribution in [1.82, 2.24) is 0 Å². The predicted molar refractivity (Wildman–Crippen MR) is 107 cm³/mol. The number of hydrogen-bond donors (Lipinski definition) is 0. The second-order valence-electron chi connectivity index (χ2n) is 6.38. The smallest absolute Gasteiger partial charge is 0.346 e. The van der Waals surface area contributed by atoms with Crippen molar-refractivity contribution in [3.8, 4) is 17.2 Å². The first-order valence-corrected chi connectivity index (χ1v) is 9.02. The first-order chi connectivity index (χ1) is 14.3. The molecule has 156 valence electrons. The van der Waals surface area contributed by atoms with Crippen LogP contribution in [0, 0.1) is 6.92 Å². The molecule has 0 radical (unpaired) electrons. The molecule has 1 unspecified atom stereocenters. The van der Waals surface area contributed by atoms with E-state index in [1.807, 2.05) is 0 Å². The van der Waals surface area contributed by atoms with E-state index in [2.05, 4.69) is 9.47 Å². The molecule has 8 nitrogen and oxygen atoms in total. The number of carbonyl (C=O) groups excluding carboxylic acids is 2. The number of ether oxygens (including phenoxy) is 4. The Labute approximate surface area is 171 Å². The second kappa shape index (κ2) is 8.69. The number of aryl methyl sites for hydroxylation is 1. The van der Waals surface area contributed by atoms with Gasteiger partial charge in [0.05, 0.1) is 25.2 Å². The Morgan fingerprint density at radius 1 is 0.967 bits per heavy atom. The molecular formula is C22H20O8. The third-order valence-electron chi connectivity index (χ3n) is 4.33. The minimum Gasteiger partial charge on any atom is -0.479 e. The lowest BCUT2D eigenvalue weighted by atomic mass is 10.2. The summed E-state index contributed by atoms with van der Waals surface area (Å²) in [6.45, 7) is 3.16. The SMILES string of the molecule is COC(=O)c1ccc(Oc2c(C)oc3cc(OC(C)C(=O)OC)ccc3c2=O)cc1. The Morgan fingerprint density at radius 3 is 2.27 bits per heavy atom. The third kappa shape index (κ3) is 4.27. The molecule has 3 rings (SSSR count). The first kappa shape index (κ1) is 20.9. The van der Waals surface area contributed by atoms with E-state index in [0.717, 1.165) is 0 Å². The fraction of sp³-hybridized carbons (Fsp3) is 0.227. The monoisotopic (exact) mass is 412 g/mol. The molecule has 0 N–H and O–H groups in total. The Hall–Kier alpha value is -3.81. The summed E-state index contributed by atoms with van der Waals surface area (Å²) in [4.78, 5) is 35.9. The van der Waals surface area contributed by atoms with Crippen molar-refractivity contribution in [2.24, 2.45) is 0 Å². The van der Waals surface area contributed by atoms with Crippen LogP contribution in [-0.2, 0) is 14.3 Å². The lowest BCUT2D eigenvalue weighted by molar-refractivity contribution is -0.147. The number of hydrogen-bond acceptors (Lipinski definition) is 8. The van der Waals surface area contributed by atoms with Crippen LogP contribution in [0.4, 0.5) is 0 Å². The molecule has 1 heterocycles. The van der Waals surface area contributed by atoms with Gasteiger partial charge in [0.1, 0.15) is 22.8 Å². The Bertz CT molecular complexity index is 1140. The number of benzene rings is 2. The van der Waals surface area contributed by atoms with Crippen LogP contribution in [0.5, 0.6) is 17.2 Å². The highest BCUT2D eigenvalue weighted by atomic mass is 16.6. The highest BCUT2D eigenvalue weighted by molar-refractivity contribution is 5.89. The maximum atomic E-state index is 12.9. The molecule has 30 heavy (non-hydrogen) atoms. The highest BCUT2D eigenvalue weighted by Gasteiger charge is 2.18. The number of fused-ring (bicyclic) bond motifs is 1. The van der Waals surface area contributed by atoms with Crippen molar-refractivity contribution in [3.05, 3.63) is 64.0 Å². The van der Waals surface area contributed by atoms with Crippen LogP contribution in [0.25, 0.3) is 11.0 Å². The van der Waals surface area contributed by atoms with E-state index in [1.165, 1.54) is 38.5 Å². The Morgan fingerprint density at radius 2 is 1.63 bits per heavy atom. The zero-order chi connectivity index (χ0) is 21.8. The standard InChI is InChI=1S/C22H20O8/c1-12-20(30-15-7-5-14(6-8-15)22(25)27-4)19(23)17-10-9-16(11-18(17)29-12)28-13(2)21(24)26-3/h5-11,13H,1-4H3. The van der Waals surface area contributed by atoms with Gasteiger partial charge in [-0.2, -0.15) is 0 Å². The van der Waals surface area contributed by atoms with Crippen molar-refractivity contribution in [1.29, 1.82) is 0 Å². The van der Waals surface area contributed by atoms with Gasteiger partial charge >= 0.3 is 11.9 Å². The minimum absolute atomic E-state index is 0.0323. The lowest BCUT2D eigenvalue weighted by Crippen LogP contribution is -2.24. The fourth-order valence-corrected chi connectivity index (χ4v) is 2.77. The van der Waals surface area contributed by atoms with Gasteiger partial charge in [0.15, 0.2) is 6.10 Å². The van der Waals surface area contributed by atoms with Crippen molar-refractivity contribution >= 4 is 22.9 Å². The summed E-state index contributed by atoms with van der Waals surface area (Å²) in [5.41, 5.74) is 0.291. The van der Waals surface area contributed by atoms with Crippen molar-refractivity contribution < 1.29 is 33.0 Å². The summed E-state index contributed by atoms with van der Waals surface area (Å²) in [7, 11) is 2.57. The molecule has 0 aliphatic heterocycles. The summed E-state index contributed by atoms with van der Waals surface area (Å²) < 4.78 is 26.2. The maximum absolute atomic E-state index is 12.9. The van der Waals surface area contributed by atoms with E-state index < -0.39 is 18.0 Å². The minimum atomic E-state index is -0.809. The van der Waals surface area contributed by atoms with Crippen LogP contribution in [0.1, 0.15) is 23.0 Å². The van der Waals surface area contributed by atoms with Crippen LogP contribution in [0.3, 0.4) is 0 Å². The van der Waals surface area contributed by atoms with Gasteiger partial charge in [-0.3, -0.25) is 4.79 Å². The van der Waals surface area contributed by atoms with E-state index >= 15 is 0 Å². The van der Waals surface area contributed by atoms with Crippen LogP contribution in [-0.4, -0.2) is 32.3 Å².